The Kier molecular flexibility index (Phi) is 3.47. The lowest BCUT2D eigenvalue weighted by Crippen LogP contribution is -2.45. The van der Waals surface area contributed by atoms with Crippen LogP contribution in [0.1, 0.15) is 18.5 Å². The van der Waals surface area contributed by atoms with E-state index in [4.69, 9.17) is 10.5 Å². The van der Waals surface area contributed by atoms with E-state index in [-0.39, 0.29) is 23.7 Å². The van der Waals surface area contributed by atoms with Gasteiger partial charge in [0.15, 0.2) is 9.84 Å². The Labute approximate surface area is 109 Å². The average Bonchev–Trinajstić information content (AvgIpc) is 2.17. The van der Waals surface area contributed by atoms with Crippen LogP contribution in [0.2, 0.25) is 0 Å². The summed E-state index contributed by atoms with van der Waals surface area (Å²) in [6, 6.07) is 5.56. The van der Waals surface area contributed by atoms with Crippen LogP contribution in [0.5, 0.6) is 5.75 Å². The van der Waals surface area contributed by atoms with Crippen LogP contribution >= 0.6 is 15.9 Å². The first-order chi connectivity index (χ1) is 7.87. The van der Waals surface area contributed by atoms with Crippen LogP contribution in [0.25, 0.3) is 0 Å². The molecular formula is C11H14BrNO3S. The lowest BCUT2D eigenvalue weighted by molar-refractivity contribution is 0.229. The Morgan fingerprint density at radius 2 is 2.12 bits per heavy atom. The van der Waals surface area contributed by atoms with Crippen LogP contribution in [-0.4, -0.2) is 26.0 Å². The molecule has 0 bridgehead atoms. The Bertz CT molecular complexity index is 516. The maximum atomic E-state index is 11.0. The van der Waals surface area contributed by atoms with E-state index in [1.165, 1.54) is 0 Å². The summed E-state index contributed by atoms with van der Waals surface area (Å²) in [5, 5.41) is 0. The third-order valence-corrected chi connectivity index (χ3v) is 5.03. The lowest BCUT2D eigenvalue weighted by Gasteiger charge is -2.27. The first-order valence-electron chi connectivity index (χ1n) is 5.29. The molecule has 1 unspecified atom stereocenters. The summed E-state index contributed by atoms with van der Waals surface area (Å²) < 4.78 is 28.4. The van der Waals surface area contributed by atoms with Gasteiger partial charge in [-0.3, -0.25) is 0 Å². The van der Waals surface area contributed by atoms with E-state index in [9.17, 15) is 8.42 Å². The number of sulfone groups is 1. The molecule has 0 saturated carbocycles. The highest BCUT2D eigenvalue weighted by atomic mass is 79.9. The van der Waals surface area contributed by atoms with Gasteiger partial charge in [-0.1, -0.05) is 6.07 Å². The molecule has 2 N–H and O–H groups in total. The largest absolute Gasteiger partial charge is 0.487 e. The zero-order valence-corrected chi connectivity index (χ0v) is 11.8. The standard InChI is InChI=1S/C11H14BrNO3S/c1-7(13)8-2-3-11(10(12)4-8)16-9-5-17(14,15)6-9/h2-4,7,9H,5-6,13H2,1H3. The highest BCUT2D eigenvalue weighted by Crippen LogP contribution is 2.30. The highest BCUT2D eigenvalue weighted by Gasteiger charge is 2.35. The fraction of sp³-hybridized carbons (Fsp3) is 0.455. The molecule has 0 spiro atoms. The summed E-state index contributed by atoms with van der Waals surface area (Å²) in [5.74, 6) is 0.873. The van der Waals surface area contributed by atoms with Gasteiger partial charge in [-0.2, -0.15) is 0 Å². The van der Waals surface area contributed by atoms with Gasteiger partial charge >= 0.3 is 0 Å². The van der Waals surface area contributed by atoms with Crippen molar-refractivity contribution in [3.05, 3.63) is 28.2 Å². The predicted octanol–water partition coefficient (Wildman–Crippen LogP) is 1.64. The first kappa shape index (κ1) is 12.9. The Balaban J connectivity index is 2.08. The van der Waals surface area contributed by atoms with Crippen LogP contribution in [-0.2, 0) is 9.84 Å². The zero-order valence-electron chi connectivity index (χ0n) is 9.39. The smallest absolute Gasteiger partial charge is 0.157 e. The van der Waals surface area contributed by atoms with Crippen LogP contribution in [0.4, 0.5) is 0 Å². The Morgan fingerprint density at radius 3 is 2.59 bits per heavy atom. The van der Waals surface area contributed by atoms with Crippen molar-refractivity contribution in [1.82, 2.24) is 0 Å². The van der Waals surface area contributed by atoms with Crippen molar-refractivity contribution in [2.24, 2.45) is 5.73 Å². The summed E-state index contributed by atoms with van der Waals surface area (Å²) >= 11 is 3.40. The molecule has 17 heavy (non-hydrogen) atoms. The molecule has 2 rings (SSSR count). The number of hydrogen-bond donors (Lipinski definition) is 1. The molecule has 1 aliphatic rings. The van der Waals surface area contributed by atoms with Crippen molar-refractivity contribution < 1.29 is 13.2 Å². The molecule has 6 heteroatoms. The molecule has 0 aliphatic carbocycles. The van der Waals surface area contributed by atoms with E-state index in [1.54, 1.807) is 0 Å². The Morgan fingerprint density at radius 1 is 1.47 bits per heavy atom. The van der Waals surface area contributed by atoms with Gasteiger partial charge in [0.2, 0.25) is 0 Å². The fourth-order valence-electron chi connectivity index (χ4n) is 1.66. The van der Waals surface area contributed by atoms with Crippen molar-refractivity contribution in [2.45, 2.75) is 19.1 Å². The molecule has 4 nitrogen and oxygen atoms in total. The molecule has 1 aromatic carbocycles. The normalized spacial score (nSPS) is 20.6. The summed E-state index contributed by atoms with van der Waals surface area (Å²) in [6.07, 6.45) is -0.225. The Hall–Kier alpha value is -0.590. The summed E-state index contributed by atoms with van der Waals surface area (Å²) in [6.45, 7) is 1.90. The quantitative estimate of drug-likeness (QED) is 0.919. The molecule has 1 heterocycles. The molecule has 1 atom stereocenters. The number of nitrogens with two attached hydrogens (primary N) is 1. The highest BCUT2D eigenvalue weighted by molar-refractivity contribution is 9.10. The van der Waals surface area contributed by atoms with Crippen molar-refractivity contribution in [3.8, 4) is 5.75 Å². The second-order valence-electron chi connectivity index (χ2n) is 4.30. The van der Waals surface area contributed by atoms with Crippen molar-refractivity contribution in [1.29, 1.82) is 0 Å². The number of rotatable bonds is 3. The fourth-order valence-corrected chi connectivity index (χ4v) is 3.32. The minimum Gasteiger partial charge on any atom is -0.487 e. The minimum absolute atomic E-state index is 0.0376. The topological polar surface area (TPSA) is 69.4 Å². The second kappa shape index (κ2) is 4.59. The summed E-state index contributed by atoms with van der Waals surface area (Å²) in [7, 11) is -2.85. The van der Waals surface area contributed by atoms with E-state index >= 15 is 0 Å². The van der Waals surface area contributed by atoms with Gasteiger partial charge in [-0.25, -0.2) is 8.42 Å². The van der Waals surface area contributed by atoms with Crippen LogP contribution in [0.3, 0.4) is 0 Å². The monoisotopic (exact) mass is 319 g/mol. The lowest BCUT2D eigenvalue weighted by atomic mass is 10.1. The number of ether oxygens (including phenoxy) is 1. The van der Waals surface area contributed by atoms with Crippen molar-refractivity contribution >= 4 is 25.8 Å². The van der Waals surface area contributed by atoms with Gasteiger partial charge in [-0.05, 0) is 40.5 Å². The van der Waals surface area contributed by atoms with Crippen LogP contribution < -0.4 is 10.5 Å². The van der Waals surface area contributed by atoms with Crippen molar-refractivity contribution in [3.63, 3.8) is 0 Å². The van der Waals surface area contributed by atoms with Gasteiger partial charge in [0.05, 0.1) is 16.0 Å². The molecule has 0 radical (unpaired) electrons. The first-order valence-corrected chi connectivity index (χ1v) is 7.91. The number of halogens is 1. The van der Waals surface area contributed by atoms with Crippen molar-refractivity contribution in [2.75, 3.05) is 11.5 Å². The van der Waals surface area contributed by atoms with Gasteiger partial charge in [0.25, 0.3) is 0 Å². The minimum atomic E-state index is -2.85. The third-order valence-electron chi connectivity index (χ3n) is 2.66. The molecule has 1 fully saturated rings. The zero-order chi connectivity index (χ0) is 12.6. The van der Waals surface area contributed by atoms with Gasteiger partial charge in [0, 0.05) is 6.04 Å². The average molecular weight is 320 g/mol. The molecule has 0 aromatic heterocycles. The van der Waals surface area contributed by atoms with E-state index in [2.05, 4.69) is 15.9 Å². The van der Waals surface area contributed by atoms with E-state index in [1.807, 2.05) is 25.1 Å². The second-order valence-corrected chi connectivity index (χ2v) is 7.30. The van der Waals surface area contributed by atoms with E-state index in [0.29, 0.717) is 5.75 Å². The van der Waals surface area contributed by atoms with Crippen LogP contribution in [0.15, 0.2) is 22.7 Å². The maximum Gasteiger partial charge on any atom is 0.157 e. The number of hydrogen-bond acceptors (Lipinski definition) is 4. The maximum absolute atomic E-state index is 11.0. The number of benzene rings is 1. The molecule has 1 aliphatic heterocycles. The summed E-state index contributed by atoms with van der Waals surface area (Å²) in [5.41, 5.74) is 6.77. The van der Waals surface area contributed by atoms with Gasteiger partial charge in [-0.15, -0.1) is 0 Å². The summed E-state index contributed by atoms with van der Waals surface area (Å²) in [4.78, 5) is 0. The van der Waals surface area contributed by atoms with Crippen LogP contribution in [0, 0.1) is 0 Å². The van der Waals surface area contributed by atoms with E-state index < -0.39 is 9.84 Å². The molecule has 0 amide bonds. The van der Waals surface area contributed by atoms with Gasteiger partial charge in [0.1, 0.15) is 11.9 Å². The molecule has 94 valence electrons. The van der Waals surface area contributed by atoms with Gasteiger partial charge < -0.3 is 10.5 Å². The molecular weight excluding hydrogens is 306 g/mol. The predicted molar refractivity (Wildman–Crippen MR) is 69.8 cm³/mol. The molecule has 1 aromatic rings. The van der Waals surface area contributed by atoms with E-state index in [0.717, 1.165) is 10.0 Å². The third kappa shape index (κ3) is 3.00. The SMILES string of the molecule is CC(N)c1ccc(OC2CS(=O)(=O)C2)c(Br)c1. The molecule has 1 saturated heterocycles.